The van der Waals surface area contributed by atoms with Gasteiger partial charge in [0.1, 0.15) is 0 Å². The van der Waals surface area contributed by atoms with Crippen LogP contribution in [0, 0.1) is 5.92 Å². The van der Waals surface area contributed by atoms with Crippen LogP contribution in [-0.4, -0.2) is 41.6 Å². The molecule has 24 heavy (non-hydrogen) atoms. The van der Waals surface area contributed by atoms with E-state index in [1.807, 2.05) is 30.3 Å². The standard InChI is InChI=1S/C14H16N6O3S/c15-13-17-12(10-4-2-1-3-5-10)18-14(19-13)20-7-9(6-11(20)21)8-24(16,22)23/h1-5,9H,6-8H2,(H2,16,22,23)(H2,15,17,18,19). The fraction of sp³-hybridized carbons (Fsp3) is 0.286. The molecule has 126 valence electrons. The maximum atomic E-state index is 12.2. The average molecular weight is 348 g/mol. The topological polar surface area (TPSA) is 145 Å². The SMILES string of the molecule is Nc1nc(-c2ccccc2)nc(N2CC(CS(N)(=O)=O)CC2=O)n1. The Hall–Kier alpha value is -2.59. The predicted octanol–water partition coefficient (Wildman–Crippen LogP) is -0.238. The fourth-order valence-corrected chi connectivity index (χ4v) is 3.51. The highest BCUT2D eigenvalue weighted by molar-refractivity contribution is 7.89. The number of aromatic nitrogens is 3. The number of primary sulfonamides is 1. The molecule has 0 spiro atoms. The minimum atomic E-state index is -3.65. The molecule has 0 aliphatic carbocycles. The summed E-state index contributed by atoms with van der Waals surface area (Å²) in [6, 6.07) is 9.15. The van der Waals surface area contributed by atoms with E-state index in [1.165, 1.54) is 4.90 Å². The first-order chi connectivity index (χ1) is 11.3. The van der Waals surface area contributed by atoms with Crippen molar-refractivity contribution in [1.29, 1.82) is 0 Å². The van der Waals surface area contributed by atoms with Crippen molar-refractivity contribution in [3.8, 4) is 11.4 Å². The highest BCUT2D eigenvalue weighted by atomic mass is 32.2. The quantitative estimate of drug-likeness (QED) is 0.775. The van der Waals surface area contributed by atoms with Crippen LogP contribution >= 0.6 is 0 Å². The summed E-state index contributed by atoms with van der Waals surface area (Å²) in [5.74, 6) is -0.481. The minimum Gasteiger partial charge on any atom is -0.368 e. The van der Waals surface area contributed by atoms with Gasteiger partial charge in [0.05, 0.1) is 5.75 Å². The zero-order valence-electron chi connectivity index (χ0n) is 12.7. The summed E-state index contributed by atoms with van der Waals surface area (Å²) in [5.41, 5.74) is 6.47. The smallest absolute Gasteiger partial charge is 0.237 e. The van der Waals surface area contributed by atoms with Gasteiger partial charge in [-0.25, -0.2) is 13.6 Å². The molecule has 1 aromatic heterocycles. The summed E-state index contributed by atoms with van der Waals surface area (Å²) >= 11 is 0. The van der Waals surface area contributed by atoms with Crippen LogP contribution < -0.4 is 15.8 Å². The van der Waals surface area contributed by atoms with E-state index in [2.05, 4.69) is 15.0 Å². The molecule has 9 nitrogen and oxygen atoms in total. The third-order valence-corrected chi connectivity index (χ3v) is 4.52. The average Bonchev–Trinajstić information content (AvgIpc) is 2.86. The summed E-state index contributed by atoms with van der Waals surface area (Å²) in [6.07, 6.45) is 0.0721. The van der Waals surface area contributed by atoms with E-state index in [4.69, 9.17) is 10.9 Å². The van der Waals surface area contributed by atoms with Crippen molar-refractivity contribution in [2.75, 3.05) is 22.9 Å². The maximum Gasteiger partial charge on any atom is 0.237 e. The van der Waals surface area contributed by atoms with Gasteiger partial charge < -0.3 is 5.73 Å². The lowest BCUT2D eigenvalue weighted by Crippen LogP contribution is -2.29. The van der Waals surface area contributed by atoms with Crippen LogP contribution in [0.25, 0.3) is 11.4 Å². The largest absolute Gasteiger partial charge is 0.368 e. The second-order valence-corrected chi connectivity index (χ2v) is 7.25. The Balaban J connectivity index is 1.90. The van der Waals surface area contributed by atoms with Gasteiger partial charge in [0.25, 0.3) is 0 Å². The van der Waals surface area contributed by atoms with Crippen LogP contribution in [-0.2, 0) is 14.8 Å². The number of carbonyl (C=O) groups is 1. The van der Waals surface area contributed by atoms with Gasteiger partial charge in [0.15, 0.2) is 5.82 Å². The second kappa shape index (κ2) is 6.13. The molecule has 1 aliphatic rings. The molecule has 1 aromatic carbocycles. The number of benzene rings is 1. The molecule has 0 bridgehead atoms. The zero-order chi connectivity index (χ0) is 17.3. The van der Waals surface area contributed by atoms with Gasteiger partial charge in [-0.15, -0.1) is 0 Å². The maximum absolute atomic E-state index is 12.2. The van der Waals surface area contributed by atoms with E-state index in [-0.39, 0.29) is 36.5 Å². The van der Waals surface area contributed by atoms with E-state index in [0.29, 0.717) is 5.82 Å². The molecule has 0 saturated carbocycles. The van der Waals surface area contributed by atoms with Gasteiger partial charge >= 0.3 is 0 Å². The number of carbonyl (C=O) groups excluding carboxylic acids is 1. The zero-order valence-corrected chi connectivity index (χ0v) is 13.5. The second-order valence-electron chi connectivity index (χ2n) is 5.59. The monoisotopic (exact) mass is 348 g/mol. The van der Waals surface area contributed by atoms with Crippen LogP contribution in [0.4, 0.5) is 11.9 Å². The molecule has 1 amide bonds. The summed E-state index contributed by atoms with van der Waals surface area (Å²) < 4.78 is 22.4. The Morgan fingerprint density at radius 1 is 1.17 bits per heavy atom. The highest BCUT2D eigenvalue weighted by Gasteiger charge is 2.34. The van der Waals surface area contributed by atoms with Crippen molar-refractivity contribution in [3.63, 3.8) is 0 Å². The van der Waals surface area contributed by atoms with Gasteiger partial charge in [0.2, 0.25) is 27.8 Å². The molecule has 0 radical (unpaired) electrons. The first-order valence-corrected chi connectivity index (χ1v) is 8.91. The van der Waals surface area contributed by atoms with E-state index in [1.54, 1.807) is 0 Å². The van der Waals surface area contributed by atoms with Gasteiger partial charge in [-0.2, -0.15) is 15.0 Å². The summed E-state index contributed by atoms with van der Waals surface area (Å²) in [4.78, 5) is 25.9. The van der Waals surface area contributed by atoms with E-state index in [0.717, 1.165) is 5.56 Å². The fourth-order valence-electron chi connectivity index (χ4n) is 2.63. The molecule has 1 atom stereocenters. The summed E-state index contributed by atoms with van der Waals surface area (Å²) in [6.45, 7) is 0.174. The van der Waals surface area contributed by atoms with E-state index >= 15 is 0 Å². The highest BCUT2D eigenvalue weighted by Crippen LogP contribution is 2.25. The molecule has 1 unspecified atom stereocenters. The van der Waals surface area contributed by atoms with E-state index < -0.39 is 15.9 Å². The normalized spacial score (nSPS) is 18.1. The molecule has 2 heterocycles. The molecule has 3 rings (SSSR count). The lowest BCUT2D eigenvalue weighted by Gasteiger charge is -2.15. The number of nitrogens with zero attached hydrogens (tertiary/aromatic N) is 4. The van der Waals surface area contributed by atoms with Crippen LogP contribution in [0.5, 0.6) is 0 Å². The van der Waals surface area contributed by atoms with E-state index in [9.17, 15) is 13.2 Å². The number of rotatable bonds is 4. The van der Waals surface area contributed by atoms with Crippen molar-refractivity contribution in [2.24, 2.45) is 11.1 Å². The number of amides is 1. The predicted molar refractivity (Wildman–Crippen MR) is 88.1 cm³/mol. The van der Waals surface area contributed by atoms with Crippen molar-refractivity contribution in [2.45, 2.75) is 6.42 Å². The first kappa shape index (κ1) is 16.3. The van der Waals surface area contributed by atoms with Gasteiger partial charge in [-0.1, -0.05) is 30.3 Å². The lowest BCUT2D eigenvalue weighted by atomic mass is 10.1. The van der Waals surface area contributed by atoms with Crippen molar-refractivity contribution < 1.29 is 13.2 Å². The number of nitrogen functional groups attached to an aromatic ring is 1. The van der Waals surface area contributed by atoms with Gasteiger partial charge in [0, 0.05) is 24.4 Å². The van der Waals surface area contributed by atoms with Gasteiger partial charge in [-0.3, -0.25) is 9.69 Å². The first-order valence-electron chi connectivity index (χ1n) is 7.19. The third-order valence-electron chi connectivity index (χ3n) is 3.59. The molecule has 2 aromatic rings. The Morgan fingerprint density at radius 2 is 1.88 bits per heavy atom. The minimum absolute atomic E-state index is 0.0125. The molecular formula is C14H16N6O3S. The molecule has 4 N–H and O–H groups in total. The Labute approximate surface area is 138 Å². The molecule has 1 fully saturated rings. The number of nitrogens with two attached hydrogens (primary N) is 2. The van der Waals surface area contributed by atoms with Crippen molar-refractivity contribution >= 4 is 27.8 Å². The molecule has 10 heteroatoms. The van der Waals surface area contributed by atoms with Crippen LogP contribution in [0.3, 0.4) is 0 Å². The van der Waals surface area contributed by atoms with Crippen molar-refractivity contribution in [3.05, 3.63) is 30.3 Å². The number of sulfonamides is 1. The number of hydrogen-bond acceptors (Lipinski definition) is 7. The summed E-state index contributed by atoms with van der Waals surface area (Å²) in [7, 11) is -3.65. The summed E-state index contributed by atoms with van der Waals surface area (Å²) in [5, 5.41) is 5.05. The Bertz CT molecular complexity index is 871. The molecular weight excluding hydrogens is 332 g/mol. The molecule has 1 aliphatic heterocycles. The molecule has 1 saturated heterocycles. The number of anilines is 2. The van der Waals surface area contributed by atoms with Crippen LogP contribution in [0.1, 0.15) is 6.42 Å². The van der Waals surface area contributed by atoms with Crippen molar-refractivity contribution in [1.82, 2.24) is 15.0 Å². The van der Waals surface area contributed by atoms with Gasteiger partial charge in [-0.05, 0) is 0 Å². The van der Waals surface area contributed by atoms with Crippen LogP contribution in [0.15, 0.2) is 30.3 Å². The number of hydrogen-bond donors (Lipinski definition) is 2. The lowest BCUT2D eigenvalue weighted by molar-refractivity contribution is -0.117. The third kappa shape index (κ3) is 3.66. The Kier molecular flexibility index (Phi) is 4.16. The Morgan fingerprint density at radius 3 is 2.54 bits per heavy atom. The van der Waals surface area contributed by atoms with Crippen LogP contribution in [0.2, 0.25) is 0 Å².